The van der Waals surface area contributed by atoms with Crippen molar-refractivity contribution in [3.63, 3.8) is 0 Å². The highest BCUT2D eigenvalue weighted by atomic mass is 16.5. The zero-order chi connectivity index (χ0) is 20.7. The molecule has 1 fully saturated rings. The number of unbranched alkanes of at least 4 members (excludes halogenated alkanes) is 4. The second-order valence-electron chi connectivity index (χ2n) is 8.66. The maximum absolute atomic E-state index is 12.1. The van der Waals surface area contributed by atoms with Crippen LogP contribution in [0.5, 0.6) is 5.75 Å². The second-order valence-corrected chi connectivity index (χ2v) is 8.66. The van der Waals surface area contributed by atoms with Crippen molar-refractivity contribution in [2.24, 2.45) is 11.8 Å². The number of carbonyl (C=O) groups excluding carboxylic acids is 1. The SMILES string of the molecule is CCCCCCCOC(=O)c1ccc(OCCCC2CCCCC2CCC)cc1. The van der Waals surface area contributed by atoms with Crippen molar-refractivity contribution >= 4 is 5.97 Å². The first-order valence-corrected chi connectivity index (χ1v) is 12.1. The molecule has 1 aliphatic carbocycles. The Labute approximate surface area is 178 Å². The second kappa shape index (κ2) is 14.5. The molecule has 164 valence electrons. The molecule has 1 aromatic carbocycles. The van der Waals surface area contributed by atoms with Crippen molar-refractivity contribution in [2.45, 2.75) is 97.3 Å². The van der Waals surface area contributed by atoms with Crippen molar-refractivity contribution < 1.29 is 14.3 Å². The van der Waals surface area contributed by atoms with Gasteiger partial charge in [0.1, 0.15) is 5.75 Å². The molecule has 0 radical (unpaired) electrons. The summed E-state index contributed by atoms with van der Waals surface area (Å²) in [6, 6.07) is 7.40. The van der Waals surface area contributed by atoms with E-state index in [1.807, 2.05) is 24.3 Å². The molecule has 1 aliphatic rings. The Morgan fingerprint density at radius 3 is 2.21 bits per heavy atom. The highest BCUT2D eigenvalue weighted by Gasteiger charge is 2.23. The molecule has 2 rings (SSSR count). The Bertz CT molecular complexity index is 550. The Morgan fingerprint density at radius 2 is 1.52 bits per heavy atom. The molecule has 29 heavy (non-hydrogen) atoms. The number of hydrogen-bond donors (Lipinski definition) is 0. The summed E-state index contributed by atoms with van der Waals surface area (Å²) in [5, 5.41) is 0. The number of rotatable bonds is 14. The molecule has 0 saturated heterocycles. The third-order valence-corrected chi connectivity index (χ3v) is 6.29. The van der Waals surface area contributed by atoms with E-state index in [-0.39, 0.29) is 5.97 Å². The average molecular weight is 403 g/mol. The quantitative estimate of drug-likeness (QED) is 0.238. The number of esters is 1. The van der Waals surface area contributed by atoms with Crippen molar-refractivity contribution in [3.05, 3.63) is 29.8 Å². The summed E-state index contributed by atoms with van der Waals surface area (Å²) in [4.78, 5) is 12.1. The van der Waals surface area contributed by atoms with E-state index in [1.54, 1.807) is 0 Å². The fourth-order valence-electron chi connectivity index (χ4n) is 4.59. The number of benzene rings is 1. The molecule has 2 unspecified atom stereocenters. The molecular formula is C26H42O3. The van der Waals surface area contributed by atoms with Crippen LogP contribution in [0.15, 0.2) is 24.3 Å². The number of ether oxygens (including phenoxy) is 2. The van der Waals surface area contributed by atoms with E-state index < -0.39 is 0 Å². The normalized spacial score (nSPS) is 19.1. The lowest BCUT2D eigenvalue weighted by atomic mass is 9.75. The fraction of sp³-hybridized carbons (Fsp3) is 0.731. The predicted molar refractivity (Wildman–Crippen MR) is 121 cm³/mol. The van der Waals surface area contributed by atoms with E-state index in [1.165, 1.54) is 64.2 Å². The van der Waals surface area contributed by atoms with Crippen LogP contribution < -0.4 is 4.74 Å². The minimum absolute atomic E-state index is 0.230. The first kappa shape index (κ1) is 23.8. The Hall–Kier alpha value is -1.51. The monoisotopic (exact) mass is 402 g/mol. The Kier molecular flexibility index (Phi) is 11.9. The van der Waals surface area contributed by atoms with Crippen LogP contribution in [0.25, 0.3) is 0 Å². The van der Waals surface area contributed by atoms with E-state index in [9.17, 15) is 4.79 Å². The maximum atomic E-state index is 12.1. The molecule has 0 amide bonds. The van der Waals surface area contributed by atoms with Gasteiger partial charge in [-0.1, -0.05) is 78.1 Å². The molecular weight excluding hydrogens is 360 g/mol. The van der Waals surface area contributed by atoms with Gasteiger partial charge >= 0.3 is 5.97 Å². The third-order valence-electron chi connectivity index (χ3n) is 6.29. The highest BCUT2D eigenvalue weighted by Crippen LogP contribution is 2.35. The average Bonchev–Trinajstić information content (AvgIpc) is 2.75. The van der Waals surface area contributed by atoms with Crippen LogP contribution in [0.4, 0.5) is 0 Å². The number of hydrogen-bond acceptors (Lipinski definition) is 3. The molecule has 1 aromatic rings. The largest absolute Gasteiger partial charge is 0.494 e. The van der Waals surface area contributed by atoms with E-state index >= 15 is 0 Å². The maximum Gasteiger partial charge on any atom is 0.338 e. The lowest BCUT2D eigenvalue weighted by Gasteiger charge is -2.31. The fourth-order valence-corrected chi connectivity index (χ4v) is 4.59. The molecule has 0 aliphatic heterocycles. The van der Waals surface area contributed by atoms with Crippen LogP contribution >= 0.6 is 0 Å². The van der Waals surface area contributed by atoms with Gasteiger partial charge in [0.15, 0.2) is 0 Å². The van der Waals surface area contributed by atoms with Gasteiger partial charge in [-0.3, -0.25) is 0 Å². The van der Waals surface area contributed by atoms with Crippen LogP contribution in [-0.4, -0.2) is 19.2 Å². The molecule has 0 N–H and O–H groups in total. The van der Waals surface area contributed by atoms with Gasteiger partial charge < -0.3 is 9.47 Å². The predicted octanol–water partition coefficient (Wildman–Crippen LogP) is 7.58. The minimum atomic E-state index is -0.230. The van der Waals surface area contributed by atoms with Gasteiger partial charge in [0.25, 0.3) is 0 Å². The summed E-state index contributed by atoms with van der Waals surface area (Å²) in [7, 11) is 0. The van der Waals surface area contributed by atoms with Gasteiger partial charge in [-0.25, -0.2) is 4.79 Å². The van der Waals surface area contributed by atoms with Gasteiger partial charge in [0, 0.05) is 0 Å². The van der Waals surface area contributed by atoms with Gasteiger partial charge in [-0.2, -0.15) is 0 Å². The summed E-state index contributed by atoms with van der Waals surface area (Å²) >= 11 is 0. The van der Waals surface area contributed by atoms with E-state index in [0.29, 0.717) is 12.2 Å². The topological polar surface area (TPSA) is 35.5 Å². The van der Waals surface area contributed by atoms with Crippen LogP contribution in [0.2, 0.25) is 0 Å². The molecule has 0 heterocycles. The zero-order valence-corrected chi connectivity index (χ0v) is 18.8. The lowest BCUT2D eigenvalue weighted by Crippen LogP contribution is -2.20. The van der Waals surface area contributed by atoms with Gasteiger partial charge in [-0.15, -0.1) is 0 Å². The summed E-state index contributed by atoms with van der Waals surface area (Å²) in [6.45, 7) is 5.78. The summed E-state index contributed by atoms with van der Waals surface area (Å²) in [5.74, 6) is 2.44. The van der Waals surface area contributed by atoms with Gasteiger partial charge in [0.2, 0.25) is 0 Å². The smallest absolute Gasteiger partial charge is 0.338 e. The number of carbonyl (C=O) groups is 1. The van der Waals surface area contributed by atoms with Crippen LogP contribution in [0.3, 0.4) is 0 Å². The van der Waals surface area contributed by atoms with Crippen LogP contribution in [-0.2, 0) is 4.74 Å². The standard InChI is InChI=1S/C26H42O3/c1-3-5-6-7-10-20-29-26(27)24-16-18-25(19-17-24)28-21-11-15-23-14-9-8-13-22(23)12-4-2/h16-19,22-23H,3-15,20-21H2,1-2H3. The first-order valence-electron chi connectivity index (χ1n) is 12.1. The van der Waals surface area contributed by atoms with E-state index in [0.717, 1.165) is 43.5 Å². The Morgan fingerprint density at radius 1 is 0.828 bits per heavy atom. The summed E-state index contributed by atoms with van der Waals surface area (Å²) in [6.07, 6.45) is 16.6. The minimum Gasteiger partial charge on any atom is -0.494 e. The molecule has 1 saturated carbocycles. The molecule has 3 nitrogen and oxygen atoms in total. The third kappa shape index (κ3) is 9.23. The van der Waals surface area contributed by atoms with Gasteiger partial charge in [-0.05, 0) is 55.4 Å². The van der Waals surface area contributed by atoms with Crippen molar-refractivity contribution in [1.29, 1.82) is 0 Å². The molecule has 3 heteroatoms. The van der Waals surface area contributed by atoms with Crippen LogP contribution in [0, 0.1) is 11.8 Å². The highest BCUT2D eigenvalue weighted by molar-refractivity contribution is 5.89. The molecule has 0 bridgehead atoms. The van der Waals surface area contributed by atoms with E-state index in [4.69, 9.17) is 9.47 Å². The molecule has 0 spiro atoms. The zero-order valence-electron chi connectivity index (χ0n) is 18.8. The molecule has 2 atom stereocenters. The van der Waals surface area contributed by atoms with Crippen molar-refractivity contribution in [3.8, 4) is 5.75 Å². The summed E-state index contributed by atoms with van der Waals surface area (Å²) < 4.78 is 11.3. The summed E-state index contributed by atoms with van der Waals surface area (Å²) in [5.41, 5.74) is 0.607. The Balaban J connectivity index is 1.62. The van der Waals surface area contributed by atoms with Gasteiger partial charge in [0.05, 0.1) is 18.8 Å². The van der Waals surface area contributed by atoms with Crippen molar-refractivity contribution in [2.75, 3.05) is 13.2 Å². The molecule has 0 aromatic heterocycles. The van der Waals surface area contributed by atoms with Crippen molar-refractivity contribution in [1.82, 2.24) is 0 Å². The lowest BCUT2D eigenvalue weighted by molar-refractivity contribution is 0.0497. The van der Waals surface area contributed by atoms with Crippen LogP contribution in [0.1, 0.15) is 108 Å². The first-order chi connectivity index (χ1) is 14.2. The van der Waals surface area contributed by atoms with E-state index in [2.05, 4.69) is 13.8 Å².